The lowest BCUT2D eigenvalue weighted by atomic mass is 9.46. The van der Waals surface area contributed by atoms with Gasteiger partial charge < -0.3 is 9.84 Å². The number of aliphatic hydroxyl groups is 1. The number of hydrogen-bond acceptors (Lipinski definition) is 6. The minimum absolute atomic E-state index is 0.0815. The third-order valence-corrected chi connectivity index (χ3v) is 11.7. The second-order valence-electron chi connectivity index (χ2n) is 13.0. The molecule has 9 nitrogen and oxygen atoms in total. The van der Waals surface area contributed by atoms with Crippen LogP contribution in [0.5, 0.6) is 0 Å². The number of esters is 1. The van der Waals surface area contributed by atoms with Gasteiger partial charge in [0, 0.05) is 16.7 Å². The Balaban J connectivity index is 1.47. The minimum atomic E-state index is -1.67. The average Bonchev–Trinajstić information content (AvgIpc) is 3.34. The summed E-state index contributed by atoms with van der Waals surface area (Å²) in [5, 5.41) is 12.7. The molecule has 0 unspecified atom stereocenters. The summed E-state index contributed by atoms with van der Waals surface area (Å²) < 4.78 is 10.1. The van der Waals surface area contributed by atoms with Crippen LogP contribution in [-0.4, -0.2) is 48.4 Å². The standard InChI is InChI=1S/C31H38ClN3O6/c1-18-15-30-12-10-19(2)29(4,31(30,40)26(18)37)24(41-25(36)16-32)14-23(20(30)3)21-11-13-33-27(38)35(28(39)34(33)17-21)22-8-6-5-7-9-22/h5-9,11,18-20,23-24,40H,10,12-17H2,1-4H3/t18-,19+,20-,23+,24+,29-,30-,31+/m0/s1. The third kappa shape index (κ3) is 3.57. The van der Waals surface area contributed by atoms with E-state index in [2.05, 4.69) is 6.92 Å². The van der Waals surface area contributed by atoms with Gasteiger partial charge in [0.25, 0.3) is 0 Å². The van der Waals surface area contributed by atoms with Crippen LogP contribution >= 0.6 is 11.6 Å². The van der Waals surface area contributed by atoms with Gasteiger partial charge in [0.1, 0.15) is 17.6 Å². The fraction of sp³-hybridized carbons (Fsp3) is 0.613. The van der Waals surface area contributed by atoms with Crippen LogP contribution in [0.3, 0.4) is 0 Å². The van der Waals surface area contributed by atoms with Crippen molar-refractivity contribution in [3.63, 3.8) is 0 Å². The zero-order valence-electron chi connectivity index (χ0n) is 24.0. The monoisotopic (exact) mass is 583 g/mol. The molecule has 0 amide bonds. The van der Waals surface area contributed by atoms with E-state index in [0.29, 0.717) is 24.9 Å². The molecule has 1 aliphatic heterocycles. The quantitative estimate of drug-likeness (QED) is 0.336. The fourth-order valence-corrected chi connectivity index (χ4v) is 9.21. The second-order valence-corrected chi connectivity index (χ2v) is 13.2. The predicted molar refractivity (Wildman–Crippen MR) is 153 cm³/mol. The topological polar surface area (TPSA) is 113 Å². The third-order valence-electron chi connectivity index (χ3n) is 11.5. The molecule has 2 heterocycles. The molecule has 8 atom stereocenters. The number of para-hydroxylation sites is 1. The van der Waals surface area contributed by atoms with Gasteiger partial charge in [-0.15, -0.1) is 11.6 Å². The highest BCUT2D eigenvalue weighted by Gasteiger charge is 2.78. The molecule has 1 aromatic carbocycles. The van der Waals surface area contributed by atoms with Gasteiger partial charge in [0.05, 0.1) is 18.8 Å². The minimum Gasteiger partial charge on any atom is -0.461 e. The van der Waals surface area contributed by atoms with E-state index in [-0.39, 0.29) is 48.4 Å². The van der Waals surface area contributed by atoms with E-state index in [1.165, 1.54) is 13.9 Å². The SMILES string of the molecule is C[C@@H]1CC[C@@]23C[C@H](C)C(=O)[C@@]2(O)[C@]1(C)[C@H](OC(=O)CCl)C[C@@H](C1=CCn2c(=O)n(-c4ccccc4)c(=O)n2C1)[C@@H]3C. The first kappa shape index (κ1) is 28.2. The van der Waals surface area contributed by atoms with E-state index in [1.807, 2.05) is 32.9 Å². The van der Waals surface area contributed by atoms with E-state index in [0.717, 1.165) is 12.0 Å². The summed E-state index contributed by atoms with van der Waals surface area (Å²) in [5.74, 6) is -1.84. The van der Waals surface area contributed by atoms with Crippen LogP contribution in [0.15, 0.2) is 51.6 Å². The Morgan fingerprint density at radius 1 is 1.10 bits per heavy atom. The van der Waals surface area contributed by atoms with Crippen LogP contribution in [0.25, 0.3) is 5.69 Å². The molecule has 2 aromatic rings. The van der Waals surface area contributed by atoms with Crippen LogP contribution in [0, 0.1) is 34.5 Å². The highest BCUT2D eigenvalue weighted by atomic mass is 35.5. The number of ether oxygens (including phenoxy) is 1. The molecular formula is C31H38ClN3O6. The lowest BCUT2D eigenvalue weighted by molar-refractivity contribution is -0.234. The van der Waals surface area contributed by atoms with Crippen molar-refractivity contribution in [1.29, 1.82) is 0 Å². The molecule has 0 radical (unpaired) electrons. The first-order chi connectivity index (χ1) is 19.4. The molecule has 0 spiro atoms. The molecule has 6 rings (SSSR count). The van der Waals surface area contributed by atoms with Gasteiger partial charge in [-0.3, -0.25) is 9.59 Å². The van der Waals surface area contributed by atoms with E-state index in [4.69, 9.17) is 16.3 Å². The van der Waals surface area contributed by atoms with Crippen molar-refractivity contribution < 1.29 is 19.4 Å². The number of aromatic nitrogens is 3. The number of carbonyl (C=O) groups excluding carboxylic acids is 2. The van der Waals surface area contributed by atoms with Crippen molar-refractivity contribution in [2.45, 2.75) is 78.2 Å². The summed E-state index contributed by atoms with van der Waals surface area (Å²) in [4.78, 5) is 53.5. The van der Waals surface area contributed by atoms with Gasteiger partial charge in [-0.05, 0) is 61.1 Å². The van der Waals surface area contributed by atoms with Crippen molar-refractivity contribution in [2.24, 2.45) is 34.5 Å². The molecule has 3 aliphatic carbocycles. The average molecular weight is 584 g/mol. The summed E-state index contributed by atoms with van der Waals surface area (Å²) in [7, 11) is 0. The van der Waals surface area contributed by atoms with Gasteiger partial charge in [0.15, 0.2) is 5.78 Å². The first-order valence-corrected chi connectivity index (χ1v) is 15.1. The second kappa shape index (κ2) is 9.56. The van der Waals surface area contributed by atoms with Gasteiger partial charge in [-0.2, -0.15) is 0 Å². The maximum atomic E-state index is 14.0. The highest BCUT2D eigenvalue weighted by Crippen LogP contribution is 2.71. The molecule has 2 bridgehead atoms. The molecule has 220 valence electrons. The maximum Gasteiger partial charge on any atom is 0.352 e. The number of hydrogen-bond donors (Lipinski definition) is 1. The molecule has 3 saturated carbocycles. The van der Waals surface area contributed by atoms with Gasteiger partial charge in [-0.1, -0.05) is 52.0 Å². The van der Waals surface area contributed by atoms with E-state index in [1.54, 1.807) is 24.3 Å². The van der Waals surface area contributed by atoms with Gasteiger partial charge in [-0.25, -0.2) is 23.5 Å². The number of benzene rings is 1. The zero-order chi connectivity index (χ0) is 29.5. The molecule has 4 aliphatic rings. The number of carbonyl (C=O) groups is 2. The summed E-state index contributed by atoms with van der Waals surface area (Å²) in [6.07, 6.45) is 3.67. The first-order valence-electron chi connectivity index (χ1n) is 14.6. The Morgan fingerprint density at radius 3 is 2.46 bits per heavy atom. The Morgan fingerprint density at radius 2 is 1.78 bits per heavy atom. The molecule has 10 heteroatoms. The summed E-state index contributed by atoms with van der Waals surface area (Å²) in [6.45, 7) is 8.36. The Hall–Kier alpha value is -2.91. The Kier molecular flexibility index (Phi) is 6.58. The summed E-state index contributed by atoms with van der Waals surface area (Å²) in [5.41, 5.74) is -2.76. The number of nitrogens with zero attached hydrogens (tertiary/aromatic N) is 3. The van der Waals surface area contributed by atoms with Crippen LogP contribution in [0.1, 0.15) is 53.4 Å². The Bertz CT molecular complexity index is 1560. The summed E-state index contributed by atoms with van der Waals surface area (Å²) >= 11 is 5.89. The predicted octanol–water partition coefficient (Wildman–Crippen LogP) is 3.31. The normalized spacial score (nSPS) is 38.0. The van der Waals surface area contributed by atoms with Crippen LogP contribution in [-0.2, 0) is 27.4 Å². The fourth-order valence-electron chi connectivity index (χ4n) is 9.15. The van der Waals surface area contributed by atoms with Gasteiger partial charge >= 0.3 is 17.3 Å². The number of alkyl halides is 1. The molecule has 0 saturated heterocycles. The number of ketones is 1. The lowest BCUT2D eigenvalue weighted by Gasteiger charge is -2.60. The Labute approximate surface area is 243 Å². The van der Waals surface area contributed by atoms with Crippen molar-refractivity contribution in [3.05, 3.63) is 62.9 Å². The summed E-state index contributed by atoms with van der Waals surface area (Å²) in [6, 6.07) is 8.85. The van der Waals surface area contributed by atoms with Crippen LogP contribution in [0.2, 0.25) is 0 Å². The van der Waals surface area contributed by atoms with Gasteiger partial charge in [0.2, 0.25) is 0 Å². The van der Waals surface area contributed by atoms with Crippen LogP contribution < -0.4 is 11.4 Å². The van der Waals surface area contributed by atoms with Crippen molar-refractivity contribution in [1.82, 2.24) is 13.9 Å². The van der Waals surface area contributed by atoms with Crippen molar-refractivity contribution in [3.8, 4) is 5.69 Å². The molecule has 1 N–H and O–H groups in total. The maximum absolute atomic E-state index is 14.0. The van der Waals surface area contributed by atoms with E-state index < -0.39 is 39.9 Å². The van der Waals surface area contributed by atoms with E-state index >= 15 is 0 Å². The number of fused-ring (bicyclic) bond motifs is 1. The van der Waals surface area contributed by atoms with Crippen molar-refractivity contribution in [2.75, 3.05) is 5.88 Å². The molecule has 3 fully saturated rings. The molecule has 1 aromatic heterocycles. The lowest BCUT2D eigenvalue weighted by Crippen LogP contribution is -2.69. The van der Waals surface area contributed by atoms with Crippen molar-refractivity contribution >= 4 is 23.4 Å². The number of allylic oxidation sites excluding steroid dienone is 2. The largest absolute Gasteiger partial charge is 0.461 e. The number of rotatable bonds is 4. The van der Waals surface area contributed by atoms with E-state index in [9.17, 15) is 24.3 Å². The molecular weight excluding hydrogens is 546 g/mol. The smallest absolute Gasteiger partial charge is 0.352 e. The zero-order valence-corrected chi connectivity index (χ0v) is 24.8. The van der Waals surface area contributed by atoms with Crippen LogP contribution in [0.4, 0.5) is 0 Å². The number of halogens is 1. The highest BCUT2D eigenvalue weighted by molar-refractivity contribution is 6.26. The molecule has 41 heavy (non-hydrogen) atoms. The number of Topliss-reactive ketones (excluding diaryl/α,β-unsaturated/α-hetero) is 1.